The third-order valence-electron chi connectivity index (χ3n) is 4.62. The fourth-order valence-corrected chi connectivity index (χ4v) is 3.64. The highest BCUT2D eigenvalue weighted by Crippen LogP contribution is 2.34. The molecule has 0 unspecified atom stereocenters. The number of aryl methyl sites for hydroxylation is 1. The predicted molar refractivity (Wildman–Crippen MR) is 74.4 cm³/mol. The fraction of sp³-hybridized carbons (Fsp3) is 0.800. The second-order valence-electron chi connectivity index (χ2n) is 5.91. The van der Waals surface area contributed by atoms with Gasteiger partial charge in [0.25, 0.3) is 0 Å². The second kappa shape index (κ2) is 6.24. The quantitative estimate of drug-likeness (QED) is 0.844. The summed E-state index contributed by atoms with van der Waals surface area (Å²) in [6.45, 7) is 5.35. The summed E-state index contributed by atoms with van der Waals surface area (Å²) in [4.78, 5) is 2.49. The first-order valence-corrected chi connectivity index (χ1v) is 7.54. The van der Waals surface area contributed by atoms with Crippen molar-refractivity contribution in [2.75, 3.05) is 26.9 Å². The van der Waals surface area contributed by atoms with Crippen LogP contribution in [0.5, 0.6) is 0 Å². The lowest BCUT2D eigenvalue weighted by atomic mass is 9.94. The molecule has 1 aliphatic heterocycles. The Balaban J connectivity index is 1.70. The number of hydrogen-bond acceptors (Lipinski definition) is 5. The molecule has 2 fully saturated rings. The molecule has 3 atom stereocenters. The lowest BCUT2D eigenvalue weighted by Crippen LogP contribution is -2.50. The van der Waals surface area contributed by atoms with Crippen LogP contribution >= 0.6 is 0 Å². The maximum Gasteiger partial charge on any atom is 0.133 e. The molecule has 1 saturated heterocycles. The van der Waals surface area contributed by atoms with Gasteiger partial charge in [0, 0.05) is 38.2 Å². The van der Waals surface area contributed by atoms with E-state index in [1.54, 1.807) is 0 Å². The van der Waals surface area contributed by atoms with E-state index in [9.17, 15) is 0 Å². The maximum atomic E-state index is 5.72. The molecule has 1 aliphatic carbocycles. The van der Waals surface area contributed by atoms with Gasteiger partial charge in [-0.05, 0) is 19.8 Å². The van der Waals surface area contributed by atoms with E-state index in [1.165, 1.54) is 19.3 Å². The van der Waals surface area contributed by atoms with Gasteiger partial charge in [0.15, 0.2) is 0 Å². The van der Waals surface area contributed by atoms with Crippen LogP contribution in [0.15, 0.2) is 10.6 Å². The Hall–Kier alpha value is -0.910. The molecule has 112 valence electrons. The lowest BCUT2D eigenvalue weighted by Gasteiger charge is -2.40. The Labute approximate surface area is 120 Å². The van der Waals surface area contributed by atoms with Crippen molar-refractivity contribution >= 4 is 0 Å². The van der Waals surface area contributed by atoms with Crippen LogP contribution in [0, 0.1) is 12.8 Å². The minimum atomic E-state index is 0.378. The van der Waals surface area contributed by atoms with Crippen molar-refractivity contribution in [1.29, 1.82) is 0 Å². The van der Waals surface area contributed by atoms with Crippen LogP contribution in [0.25, 0.3) is 0 Å². The van der Waals surface area contributed by atoms with Crippen LogP contribution in [-0.4, -0.2) is 49.1 Å². The van der Waals surface area contributed by atoms with Crippen LogP contribution in [0.1, 0.15) is 30.7 Å². The van der Waals surface area contributed by atoms with Gasteiger partial charge in [0.2, 0.25) is 0 Å². The van der Waals surface area contributed by atoms with Crippen LogP contribution in [-0.2, 0) is 16.0 Å². The number of rotatable bonds is 4. The molecule has 0 N–H and O–H groups in total. The van der Waals surface area contributed by atoms with E-state index in [4.69, 9.17) is 14.0 Å². The molecule has 2 aliphatic rings. The first kappa shape index (κ1) is 14.0. The highest BCUT2D eigenvalue weighted by Gasteiger charge is 2.38. The van der Waals surface area contributed by atoms with Crippen molar-refractivity contribution in [2.45, 2.75) is 44.9 Å². The lowest BCUT2D eigenvalue weighted by molar-refractivity contribution is -0.0614. The van der Waals surface area contributed by atoms with Crippen molar-refractivity contribution in [3.8, 4) is 0 Å². The molecule has 0 amide bonds. The first-order chi connectivity index (χ1) is 9.78. The average molecular weight is 280 g/mol. The van der Waals surface area contributed by atoms with Gasteiger partial charge >= 0.3 is 0 Å². The standard InChI is InChI=1S/C15H24N2O3/c1-11-8-12(16-20-11)9-17-6-7-19-10-14(17)13-4-3-5-15(13)18-2/h8,13-15H,3-7,9-10H2,1-2H3/t13-,14+,15-/m1/s1. The van der Waals surface area contributed by atoms with Gasteiger partial charge in [0.1, 0.15) is 5.76 Å². The maximum absolute atomic E-state index is 5.72. The fourth-order valence-electron chi connectivity index (χ4n) is 3.64. The average Bonchev–Trinajstić information content (AvgIpc) is 3.08. The zero-order valence-corrected chi connectivity index (χ0v) is 12.4. The molecule has 5 heteroatoms. The molecule has 0 bridgehead atoms. The van der Waals surface area contributed by atoms with Crippen LogP contribution in [0.3, 0.4) is 0 Å². The molecule has 5 nitrogen and oxygen atoms in total. The van der Waals surface area contributed by atoms with Crippen LogP contribution in [0.2, 0.25) is 0 Å². The van der Waals surface area contributed by atoms with Crippen LogP contribution in [0.4, 0.5) is 0 Å². The van der Waals surface area contributed by atoms with E-state index in [-0.39, 0.29) is 0 Å². The Bertz CT molecular complexity index is 435. The van der Waals surface area contributed by atoms with Gasteiger partial charge in [-0.15, -0.1) is 0 Å². The molecular weight excluding hydrogens is 256 g/mol. The summed E-state index contributed by atoms with van der Waals surface area (Å²) < 4.78 is 16.6. The molecule has 1 aromatic heterocycles. The zero-order valence-electron chi connectivity index (χ0n) is 12.4. The smallest absolute Gasteiger partial charge is 0.133 e. The molecular formula is C15H24N2O3. The molecule has 20 heavy (non-hydrogen) atoms. The number of nitrogens with zero attached hydrogens (tertiary/aromatic N) is 2. The monoisotopic (exact) mass is 280 g/mol. The van der Waals surface area contributed by atoms with E-state index in [2.05, 4.69) is 10.1 Å². The van der Waals surface area contributed by atoms with Crippen LogP contribution < -0.4 is 0 Å². The molecule has 0 radical (unpaired) electrons. The molecule has 1 aromatic rings. The number of methoxy groups -OCH3 is 1. The minimum absolute atomic E-state index is 0.378. The summed E-state index contributed by atoms with van der Waals surface area (Å²) in [5.41, 5.74) is 1.02. The summed E-state index contributed by atoms with van der Waals surface area (Å²) in [5.74, 6) is 1.45. The van der Waals surface area contributed by atoms with E-state index >= 15 is 0 Å². The number of aromatic nitrogens is 1. The second-order valence-corrected chi connectivity index (χ2v) is 5.91. The first-order valence-electron chi connectivity index (χ1n) is 7.54. The summed E-state index contributed by atoms with van der Waals surface area (Å²) in [6.07, 6.45) is 4.05. The van der Waals surface area contributed by atoms with Gasteiger partial charge in [-0.3, -0.25) is 4.90 Å². The van der Waals surface area contributed by atoms with Crippen molar-refractivity contribution in [2.24, 2.45) is 5.92 Å². The molecule has 1 saturated carbocycles. The van der Waals surface area contributed by atoms with E-state index in [0.29, 0.717) is 18.1 Å². The highest BCUT2D eigenvalue weighted by molar-refractivity contribution is 5.04. The summed E-state index contributed by atoms with van der Waals surface area (Å²) in [7, 11) is 1.83. The molecule has 0 aromatic carbocycles. The van der Waals surface area contributed by atoms with Gasteiger partial charge in [0.05, 0.1) is 25.0 Å². The third-order valence-corrected chi connectivity index (χ3v) is 4.62. The Morgan fingerprint density at radius 2 is 2.35 bits per heavy atom. The third kappa shape index (κ3) is 2.90. The number of morpholine rings is 1. The van der Waals surface area contributed by atoms with Gasteiger partial charge < -0.3 is 14.0 Å². The number of ether oxygens (including phenoxy) is 2. The largest absolute Gasteiger partial charge is 0.381 e. The molecule has 3 rings (SSSR count). The van der Waals surface area contributed by atoms with E-state index in [0.717, 1.165) is 37.8 Å². The normalized spacial score (nSPS) is 31.8. The van der Waals surface area contributed by atoms with Gasteiger partial charge in [-0.2, -0.15) is 0 Å². The van der Waals surface area contributed by atoms with E-state index in [1.807, 2.05) is 20.1 Å². The Kier molecular flexibility index (Phi) is 4.38. The van der Waals surface area contributed by atoms with Gasteiger partial charge in [-0.25, -0.2) is 0 Å². The van der Waals surface area contributed by atoms with Crippen molar-refractivity contribution in [1.82, 2.24) is 10.1 Å². The zero-order chi connectivity index (χ0) is 13.9. The summed E-state index contributed by atoms with van der Waals surface area (Å²) >= 11 is 0. The SMILES string of the molecule is CO[C@@H]1CCC[C@@H]1[C@@H]1COCCN1Cc1cc(C)on1. The predicted octanol–water partition coefficient (Wildman–Crippen LogP) is 2.00. The minimum Gasteiger partial charge on any atom is -0.381 e. The Morgan fingerprint density at radius 1 is 1.45 bits per heavy atom. The van der Waals surface area contributed by atoms with E-state index < -0.39 is 0 Å². The van der Waals surface area contributed by atoms with Crippen molar-refractivity contribution in [3.63, 3.8) is 0 Å². The van der Waals surface area contributed by atoms with Gasteiger partial charge in [-0.1, -0.05) is 11.6 Å². The molecule has 2 heterocycles. The topological polar surface area (TPSA) is 47.7 Å². The molecule has 0 spiro atoms. The van der Waals surface area contributed by atoms with Crippen molar-refractivity contribution < 1.29 is 14.0 Å². The van der Waals surface area contributed by atoms with Crippen molar-refractivity contribution in [3.05, 3.63) is 17.5 Å². The summed E-state index contributed by atoms with van der Waals surface area (Å²) in [5, 5.41) is 4.12. The Morgan fingerprint density at radius 3 is 3.10 bits per heavy atom. The highest BCUT2D eigenvalue weighted by atomic mass is 16.5. The summed E-state index contributed by atoms with van der Waals surface area (Å²) in [6, 6.07) is 2.46. The number of hydrogen-bond donors (Lipinski definition) is 0.